The van der Waals surface area contributed by atoms with Gasteiger partial charge in [0.15, 0.2) is 17.3 Å². The van der Waals surface area contributed by atoms with E-state index in [1.807, 2.05) is 30.3 Å². The summed E-state index contributed by atoms with van der Waals surface area (Å²) in [5, 5.41) is 0. The zero-order valence-corrected chi connectivity index (χ0v) is 13.0. The Hall–Kier alpha value is -3.14. The Morgan fingerprint density at radius 1 is 0.833 bits per heavy atom. The van der Waals surface area contributed by atoms with Crippen molar-refractivity contribution < 1.29 is 18.7 Å². The molecule has 3 rings (SSSR count). The van der Waals surface area contributed by atoms with Crippen LogP contribution in [0.5, 0.6) is 17.2 Å². The molecule has 0 aliphatic rings. The number of hydrogen-bond donors (Lipinski definition) is 0. The molecule has 0 aromatic heterocycles. The van der Waals surface area contributed by atoms with Crippen molar-refractivity contribution in [2.45, 2.75) is 0 Å². The average Bonchev–Trinajstić information content (AvgIpc) is 2.63. The molecule has 0 aliphatic carbocycles. The zero-order chi connectivity index (χ0) is 16.9. The normalized spacial score (nSPS) is 10.2. The van der Waals surface area contributed by atoms with Crippen molar-refractivity contribution in [3.05, 3.63) is 89.7 Å². The summed E-state index contributed by atoms with van der Waals surface area (Å²) >= 11 is 0. The molecule has 0 radical (unpaired) electrons. The van der Waals surface area contributed by atoms with Crippen LogP contribution in [0.3, 0.4) is 0 Å². The summed E-state index contributed by atoms with van der Waals surface area (Å²) in [6.45, 7) is 0. The zero-order valence-electron chi connectivity index (χ0n) is 13.0. The third-order valence-electron chi connectivity index (χ3n) is 3.51. The van der Waals surface area contributed by atoms with Gasteiger partial charge in [0.25, 0.3) is 0 Å². The van der Waals surface area contributed by atoms with Gasteiger partial charge in [0.05, 0.1) is 7.11 Å². The van der Waals surface area contributed by atoms with Gasteiger partial charge in [-0.05, 0) is 54.6 Å². The van der Waals surface area contributed by atoms with E-state index in [1.165, 1.54) is 25.3 Å². The van der Waals surface area contributed by atoms with E-state index >= 15 is 0 Å². The molecule has 0 atom stereocenters. The number of ether oxygens (including phenoxy) is 2. The van der Waals surface area contributed by atoms with Gasteiger partial charge in [0.1, 0.15) is 11.5 Å². The van der Waals surface area contributed by atoms with Crippen LogP contribution in [0.15, 0.2) is 72.8 Å². The van der Waals surface area contributed by atoms with Gasteiger partial charge < -0.3 is 9.47 Å². The van der Waals surface area contributed by atoms with E-state index < -0.39 is 5.82 Å². The number of carbonyl (C=O) groups excluding carboxylic acids is 1. The number of rotatable bonds is 5. The van der Waals surface area contributed by atoms with E-state index in [9.17, 15) is 9.18 Å². The summed E-state index contributed by atoms with van der Waals surface area (Å²) in [4.78, 5) is 12.5. The highest BCUT2D eigenvalue weighted by Crippen LogP contribution is 2.24. The van der Waals surface area contributed by atoms with Gasteiger partial charge in [-0.15, -0.1) is 0 Å². The topological polar surface area (TPSA) is 35.5 Å². The Bertz CT molecular complexity index is 843. The molecule has 0 amide bonds. The molecule has 0 fully saturated rings. The lowest BCUT2D eigenvalue weighted by Crippen LogP contribution is -2.02. The Morgan fingerprint density at radius 2 is 1.46 bits per heavy atom. The number of benzene rings is 3. The SMILES string of the molecule is COc1cc(C(=O)c2ccc(Oc3ccccc3)cc2)ccc1F. The summed E-state index contributed by atoms with van der Waals surface area (Å²) in [6, 6.07) is 20.2. The molecule has 120 valence electrons. The monoisotopic (exact) mass is 322 g/mol. The summed E-state index contributed by atoms with van der Waals surface area (Å²) in [5.41, 5.74) is 0.856. The summed E-state index contributed by atoms with van der Waals surface area (Å²) in [6.07, 6.45) is 0. The minimum atomic E-state index is -0.499. The molecule has 0 heterocycles. The van der Waals surface area contributed by atoms with E-state index in [0.717, 1.165) is 5.75 Å². The van der Waals surface area contributed by atoms with Crippen molar-refractivity contribution in [2.75, 3.05) is 7.11 Å². The molecule has 0 bridgehead atoms. The molecule has 3 nitrogen and oxygen atoms in total. The molecule has 3 aromatic rings. The second-order valence-electron chi connectivity index (χ2n) is 5.12. The minimum Gasteiger partial charge on any atom is -0.494 e. The third-order valence-corrected chi connectivity index (χ3v) is 3.51. The van der Waals surface area contributed by atoms with Crippen molar-refractivity contribution >= 4 is 5.78 Å². The van der Waals surface area contributed by atoms with Gasteiger partial charge in [-0.25, -0.2) is 4.39 Å². The van der Waals surface area contributed by atoms with Gasteiger partial charge in [0, 0.05) is 11.1 Å². The Balaban J connectivity index is 1.79. The van der Waals surface area contributed by atoms with Crippen LogP contribution >= 0.6 is 0 Å². The van der Waals surface area contributed by atoms with Crippen LogP contribution in [0.1, 0.15) is 15.9 Å². The van der Waals surface area contributed by atoms with Crippen LogP contribution < -0.4 is 9.47 Å². The molecule has 4 heteroatoms. The molecular weight excluding hydrogens is 307 g/mol. The largest absolute Gasteiger partial charge is 0.494 e. The molecule has 3 aromatic carbocycles. The molecule has 0 saturated carbocycles. The first-order chi connectivity index (χ1) is 11.7. The van der Waals surface area contributed by atoms with Crippen LogP contribution in [-0.4, -0.2) is 12.9 Å². The molecule has 0 saturated heterocycles. The first kappa shape index (κ1) is 15.7. The maximum Gasteiger partial charge on any atom is 0.193 e. The van der Waals surface area contributed by atoms with Gasteiger partial charge in [-0.1, -0.05) is 18.2 Å². The fourth-order valence-electron chi connectivity index (χ4n) is 2.27. The maximum absolute atomic E-state index is 13.4. The van der Waals surface area contributed by atoms with E-state index in [-0.39, 0.29) is 11.5 Å². The molecular formula is C20H15FO3. The highest BCUT2D eigenvalue weighted by Gasteiger charge is 2.12. The van der Waals surface area contributed by atoms with E-state index in [4.69, 9.17) is 9.47 Å². The molecule has 0 aliphatic heterocycles. The highest BCUT2D eigenvalue weighted by molar-refractivity contribution is 6.09. The van der Waals surface area contributed by atoms with Gasteiger partial charge in [0.2, 0.25) is 0 Å². The predicted molar refractivity (Wildman–Crippen MR) is 89.3 cm³/mol. The van der Waals surface area contributed by atoms with Crippen LogP contribution in [-0.2, 0) is 0 Å². The number of halogens is 1. The summed E-state index contributed by atoms with van der Waals surface area (Å²) in [5.74, 6) is 0.694. The average molecular weight is 322 g/mol. The molecule has 0 spiro atoms. The quantitative estimate of drug-likeness (QED) is 0.629. The van der Waals surface area contributed by atoms with Gasteiger partial charge in [-0.2, -0.15) is 0 Å². The number of hydrogen-bond acceptors (Lipinski definition) is 3. The van der Waals surface area contributed by atoms with Crippen molar-refractivity contribution in [1.29, 1.82) is 0 Å². The first-order valence-corrected chi connectivity index (χ1v) is 7.38. The lowest BCUT2D eigenvalue weighted by Gasteiger charge is -2.07. The van der Waals surface area contributed by atoms with Crippen molar-refractivity contribution in [3.8, 4) is 17.2 Å². The summed E-state index contributed by atoms with van der Waals surface area (Å²) < 4.78 is 24.0. The fraction of sp³-hybridized carbons (Fsp3) is 0.0500. The third kappa shape index (κ3) is 3.43. The fourth-order valence-corrected chi connectivity index (χ4v) is 2.27. The van der Waals surface area contributed by atoms with Gasteiger partial charge in [-0.3, -0.25) is 4.79 Å². The van der Waals surface area contributed by atoms with E-state index in [2.05, 4.69) is 0 Å². The predicted octanol–water partition coefficient (Wildman–Crippen LogP) is 4.86. The Labute approximate surface area is 139 Å². The van der Waals surface area contributed by atoms with Crippen LogP contribution in [0.2, 0.25) is 0 Å². The molecule has 24 heavy (non-hydrogen) atoms. The first-order valence-electron chi connectivity index (χ1n) is 7.38. The molecule has 0 unspecified atom stereocenters. The second-order valence-corrected chi connectivity index (χ2v) is 5.12. The number of ketones is 1. The lowest BCUT2D eigenvalue weighted by molar-refractivity contribution is 0.103. The molecule has 0 N–H and O–H groups in total. The Morgan fingerprint density at radius 3 is 2.12 bits per heavy atom. The minimum absolute atomic E-state index is 0.0462. The Kier molecular flexibility index (Phi) is 4.57. The number of methoxy groups -OCH3 is 1. The smallest absolute Gasteiger partial charge is 0.193 e. The van der Waals surface area contributed by atoms with Crippen LogP contribution in [0.4, 0.5) is 4.39 Å². The lowest BCUT2D eigenvalue weighted by atomic mass is 10.0. The van der Waals surface area contributed by atoms with E-state index in [0.29, 0.717) is 16.9 Å². The van der Waals surface area contributed by atoms with Crippen LogP contribution in [0, 0.1) is 5.82 Å². The van der Waals surface area contributed by atoms with E-state index in [1.54, 1.807) is 24.3 Å². The highest BCUT2D eigenvalue weighted by atomic mass is 19.1. The standard InChI is InChI=1S/C20H15FO3/c1-23-19-13-15(9-12-18(19)21)20(22)14-7-10-17(11-8-14)24-16-5-3-2-4-6-16/h2-13H,1H3. The maximum atomic E-state index is 13.4. The van der Waals surface area contributed by atoms with Crippen molar-refractivity contribution in [3.63, 3.8) is 0 Å². The van der Waals surface area contributed by atoms with Crippen molar-refractivity contribution in [2.24, 2.45) is 0 Å². The second kappa shape index (κ2) is 6.96. The van der Waals surface area contributed by atoms with Gasteiger partial charge >= 0.3 is 0 Å². The summed E-state index contributed by atoms with van der Waals surface area (Å²) in [7, 11) is 1.36. The number of para-hydroxylation sites is 1. The number of carbonyl (C=O) groups is 1. The van der Waals surface area contributed by atoms with Crippen molar-refractivity contribution in [1.82, 2.24) is 0 Å². The van der Waals surface area contributed by atoms with Crippen LogP contribution in [0.25, 0.3) is 0 Å².